The fraction of sp³-hybridized carbons (Fsp3) is 0.364. The van der Waals surface area contributed by atoms with Gasteiger partial charge in [-0.2, -0.15) is 0 Å². The third kappa shape index (κ3) is 1.48. The van der Waals surface area contributed by atoms with Gasteiger partial charge in [0.1, 0.15) is 0 Å². The minimum atomic E-state index is 0.00403. The number of carbonyl (C=O) groups is 1. The zero-order valence-corrected chi connectivity index (χ0v) is 8.86. The molecule has 1 heterocycles. The van der Waals surface area contributed by atoms with Crippen LogP contribution in [0.5, 0.6) is 0 Å². The van der Waals surface area contributed by atoms with E-state index in [0.29, 0.717) is 12.0 Å². The fourth-order valence-corrected chi connectivity index (χ4v) is 2.86. The van der Waals surface area contributed by atoms with E-state index in [1.54, 1.807) is 11.3 Å². The van der Waals surface area contributed by atoms with Crippen molar-refractivity contribution in [1.82, 2.24) is 0 Å². The summed E-state index contributed by atoms with van der Waals surface area (Å²) in [4.78, 5) is 14.2. The van der Waals surface area contributed by atoms with Crippen LogP contribution in [0.4, 0.5) is 0 Å². The minimum Gasteiger partial charge on any atom is -0.515 e. The van der Waals surface area contributed by atoms with Crippen LogP contribution in [0, 0.1) is 6.92 Å². The SMILES string of the molecule is Cc1cc2c(s1)CCC/C(=C\O)C2=O. The molecule has 0 aromatic carbocycles. The maximum Gasteiger partial charge on any atom is 0.193 e. The van der Waals surface area contributed by atoms with Crippen LogP contribution in [0.15, 0.2) is 17.9 Å². The lowest BCUT2D eigenvalue weighted by molar-refractivity contribution is 0.102. The first-order valence-electron chi connectivity index (χ1n) is 4.69. The molecule has 0 bridgehead atoms. The van der Waals surface area contributed by atoms with Gasteiger partial charge in [0.15, 0.2) is 5.78 Å². The van der Waals surface area contributed by atoms with E-state index in [4.69, 9.17) is 5.11 Å². The fourth-order valence-electron chi connectivity index (χ4n) is 1.79. The number of Topliss-reactive ketones (excluding diaryl/α,β-unsaturated/α-hetero) is 1. The lowest BCUT2D eigenvalue weighted by Gasteiger charge is -1.97. The first-order chi connectivity index (χ1) is 6.72. The molecule has 2 rings (SSSR count). The summed E-state index contributed by atoms with van der Waals surface area (Å²) >= 11 is 1.69. The van der Waals surface area contributed by atoms with Gasteiger partial charge in [0.2, 0.25) is 0 Å². The number of thiophene rings is 1. The van der Waals surface area contributed by atoms with Crippen molar-refractivity contribution in [3.8, 4) is 0 Å². The van der Waals surface area contributed by atoms with Crippen molar-refractivity contribution in [2.24, 2.45) is 0 Å². The number of rotatable bonds is 0. The van der Waals surface area contributed by atoms with Gasteiger partial charge >= 0.3 is 0 Å². The highest BCUT2D eigenvalue weighted by Gasteiger charge is 2.21. The van der Waals surface area contributed by atoms with E-state index in [1.165, 1.54) is 9.75 Å². The van der Waals surface area contributed by atoms with Gasteiger partial charge in [-0.15, -0.1) is 11.3 Å². The maximum absolute atomic E-state index is 11.9. The molecular formula is C11H12O2S. The van der Waals surface area contributed by atoms with Gasteiger partial charge < -0.3 is 5.11 Å². The van der Waals surface area contributed by atoms with Crippen molar-refractivity contribution in [3.63, 3.8) is 0 Å². The Balaban J connectivity index is 2.49. The lowest BCUT2D eigenvalue weighted by Crippen LogP contribution is -2.01. The van der Waals surface area contributed by atoms with Crippen LogP contribution >= 0.6 is 11.3 Å². The molecule has 0 aliphatic heterocycles. The molecule has 1 aromatic heterocycles. The van der Waals surface area contributed by atoms with E-state index >= 15 is 0 Å². The normalized spacial score (nSPS) is 19.5. The number of aliphatic hydroxyl groups excluding tert-OH is 1. The van der Waals surface area contributed by atoms with E-state index in [9.17, 15) is 4.79 Å². The Morgan fingerprint density at radius 1 is 1.50 bits per heavy atom. The van der Waals surface area contributed by atoms with Crippen molar-refractivity contribution in [1.29, 1.82) is 0 Å². The molecule has 1 aliphatic carbocycles. The number of aliphatic hydroxyl groups is 1. The highest BCUT2D eigenvalue weighted by Crippen LogP contribution is 2.30. The van der Waals surface area contributed by atoms with Crippen LogP contribution in [-0.2, 0) is 6.42 Å². The molecule has 0 saturated carbocycles. The summed E-state index contributed by atoms with van der Waals surface area (Å²) in [5.41, 5.74) is 1.34. The Labute approximate surface area is 86.9 Å². The topological polar surface area (TPSA) is 37.3 Å². The average Bonchev–Trinajstić information content (AvgIpc) is 2.47. The van der Waals surface area contributed by atoms with Gasteiger partial charge in [-0.3, -0.25) is 4.79 Å². The second-order valence-electron chi connectivity index (χ2n) is 3.53. The third-order valence-electron chi connectivity index (χ3n) is 2.47. The number of carbonyl (C=O) groups excluding carboxylic acids is 1. The average molecular weight is 208 g/mol. The minimum absolute atomic E-state index is 0.00403. The molecule has 0 saturated heterocycles. The number of aryl methyl sites for hydroxylation is 2. The molecule has 0 amide bonds. The molecule has 0 unspecified atom stereocenters. The smallest absolute Gasteiger partial charge is 0.193 e. The van der Waals surface area contributed by atoms with Gasteiger partial charge in [-0.05, 0) is 32.3 Å². The number of ketones is 1. The monoisotopic (exact) mass is 208 g/mol. The van der Waals surface area contributed by atoms with Gasteiger partial charge in [-0.1, -0.05) is 0 Å². The predicted molar refractivity (Wildman–Crippen MR) is 57.0 cm³/mol. The maximum atomic E-state index is 11.9. The largest absolute Gasteiger partial charge is 0.515 e. The Morgan fingerprint density at radius 2 is 2.29 bits per heavy atom. The lowest BCUT2D eigenvalue weighted by atomic mass is 10.1. The molecule has 2 nitrogen and oxygen atoms in total. The zero-order chi connectivity index (χ0) is 10.1. The zero-order valence-electron chi connectivity index (χ0n) is 8.04. The van der Waals surface area contributed by atoms with Gasteiger partial charge in [0.25, 0.3) is 0 Å². The van der Waals surface area contributed by atoms with E-state index in [0.717, 1.165) is 24.7 Å². The van der Waals surface area contributed by atoms with Crippen molar-refractivity contribution in [3.05, 3.63) is 33.2 Å². The summed E-state index contributed by atoms with van der Waals surface area (Å²) < 4.78 is 0. The molecule has 0 spiro atoms. The molecule has 1 N–H and O–H groups in total. The van der Waals surface area contributed by atoms with Crippen molar-refractivity contribution < 1.29 is 9.90 Å². The number of hydrogen-bond donors (Lipinski definition) is 1. The Bertz CT molecular complexity index is 401. The van der Waals surface area contributed by atoms with Gasteiger partial charge in [-0.25, -0.2) is 0 Å². The van der Waals surface area contributed by atoms with Gasteiger partial charge in [0.05, 0.1) is 6.26 Å². The molecule has 1 aromatic rings. The van der Waals surface area contributed by atoms with E-state index < -0.39 is 0 Å². The Kier molecular flexibility index (Phi) is 2.42. The summed E-state index contributed by atoms with van der Waals surface area (Å²) in [6, 6.07) is 1.93. The first kappa shape index (κ1) is 9.46. The highest BCUT2D eigenvalue weighted by atomic mass is 32.1. The van der Waals surface area contributed by atoms with Crippen LogP contribution in [0.25, 0.3) is 0 Å². The summed E-state index contributed by atoms with van der Waals surface area (Å²) in [7, 11) is 0. The van der Waals surface area contributed by atoms with E-state index in [-0.39, 0.29) is 5.78 Å². The predicted octanol–water partition coefficient (Wildman–Crippen LogP) is 3.02. The first-order valence-corrected chi connectivity index (χ1v) is 5.51. The second kappa shape index (κ2) is 3.58. The summed E-state index contributed by atoms with van der Waals surface area (Å²) in [5, 5.41) is 8.94. The molecule has 1 aliphatic rings. The summed E-state index contributed by atoms with van der Waals surface area (Å²) in [6.07, 6.45) is 3.56. The van der Waals surface area contributed by atoms with Crippen LogP contribution in [0.1, 0.15) is 33.0 Å². The Hall–Kier alpha value is -1.09. The molecular weight excluding hydrogens is 196 g/mol. The standard InChI is InChI=1S/C11H12O2S/c1-7-5-9-10(14-7)4-2-3-8(6-12)11(9)13/h5-6,12H,2-4H2,1H3/b8-6+. The van der Waals surface area contributed by atoms with Crippen LogP contribution in [-0.4, -0.2) is 10.9 Å². The number of allylic oxidation sites excluding steroid dienone is 1. The molecule has 3 heteroatoms. The third-order valence-corrected chi connectivity index (χ3v) is 3.58. The Morgan fingerprint density at radius 3 is 3.00 bits per heavy atom. The van der Waals surface area contributed by atoms with Crippen molar-refractivity contribution >= 4 is 17.1 Å². The molecule has 74 valence electrons. The van der Waals surface area contributed by atoms with Crippen LogP contribution in [0.2, 0.25) is 0 Å². The number of hydrogen-bond acceptors (Lipinski definition) is 3. The highest BCUT2D eigenvalue weighted by molar-refractivity contribution is 7.12. The van der Waals surface area contributed by atoms with Crippen LogP contribution in [0.3, 0.4) is 0 Å². The molecule has 0 atom stereocenters. The van der Waals surface area contributed by atoms with Gasteiger partial charge in [0, 0.05) is 20.9 Å². The summed E-state index contributed by atoms with van der Waals surface area (Å²) in [6.45, 7) is 2.01. The van der Waals surface area contributed by atoms with Crippen molar-refractivity contribution in [2.45, 2.75) is 26.2 Å². The molecule has 0 radical (unpaired) electrons. The molecule has 14 heavy (non-hydrogen) atoms. The molecule has 0 fully saturated rings. The summed E-state index contributed by atoms with van der Waals surface area (Å²) in [5.74, 6) is 0.00403. The van der Waals surface area contributed by atoms with E-state index in [2.05, 4.69) is 0 Å². The quantitative estimate of drug-likeness (QED) is 0.404. The van der Waals surface area contributed by atoms with Crippen LogP contribution < -0.4 is 0 Å². The van der Waals surface area contributed by atoms with Crippen molar-refractivity contribution in [2.75, 3.05) is 0 Å². The second-order valence-corrected chi connectivity index (χ2v) is 4.87. The number of fused-ring (bicyclic) bond motifs is 1. The van der Waals surface area contributed by atoms with E-state index in [1.807, 2.05) is 13.0 Å².